The second-order valence-corrected chi connectivity index (χ2v) is 4.55. The van der Waals surface area contributed by atoms with Gasteiger partial charge in [0.15, 0.2) is 17.5 Å². The van der Waals surface area contributed by atoms with Crippen LogP contribution in [0.3, 0.4) is 0 Å². The first-order valence-corrected chi connectivity index (χ1v) is 5.92. The van der Waals surface area contributed by atoms with Crippen molar-refractivity contribution in [2.75, 3.05) is 0 Å². The molecule has 5 heteroatoms. The molecule has 0 fully saturated rings. The Balaban J connectivity index is 2.25. The maximum absolute atomic E-state index is 13.5. The van der Waals surface area contributed by atoms with Gasteiger partial charge in [-0.3, -0.25) is 0 Å². The van der Waals surface area contributed by atoms with Gasteiger partial charge in [-0.25, -0.2) is 13.2 Å². The van der Waals surface area contributed by atoms with Crippen LogP contribution in [-0.2, 0) is 6.42 Å². The fourth-order valence-electron chi connectivity index (χ4n) is 1.80. The van der Waals surface area contributed by atoms with Gasteiger partial charge in [0.2, 0.25) is 0 Å². The van der Waals surface area contributed by atoms with Gasteiger partial charge in [0.25, 0.3) is 0 Å². The summed E-state index contributed by atoms with van der Waals surface area (Å²) in [6.07, 6.45) is -1.21. The molecule has 2 aromatic rings. The summed E-state index contributed by atoms with van der Waals surface area (Å²) in [6, 6.07) is 8.48. The molecule has 2 rings (SSSR count). The van der Waals surface area contributed by atoms with E-state index in [1.165, 1.54) is 0 Å². The van der Waals surface area contributed by atoms with Gasteiger partial charge in [0, 0.05) is 17.0 Å². The number of aliphatic hydroxyl groups is 1. The molecular formula is C14H10ClF3O. The summed E-state index contributed by atoms with van der Waals surface area (Å²) in [6.45, 7) is 0. The Kier molecular flexibility index (Phi) is 4.12. The Morgan fingerprint density at radius 1 is 1.05 bits per heavy atom. The summed E-state index contributed by atoms with van der Waals surface area (Å²) < 4.78 is 39.4. The zero-order valence-corrected chi connectivity index (χ0v) is 10.5. The van der Waals surface area contributed by atoms with Crippen LogP contribution in [0.1, 0.15) is 17.2 Å². The fraction of sp³-hybridized carbons (Fsp3) is 0.143. The minimum atomic E-state index is -1.58. The molecule has 0 heterocycles. The number of halogens is 4. The second kappa shape index (κ2) is 5.63. The highest BCUT2D eigenvalue weighted by Crippen LogP contribution is 2.25. The van der Waals surface area contributed by atoms with Crippen LogP contribution in [0.2, 0.25) is 5.02 Å². The first kappa shape index (κ1) is 13.9. The van der Waals surface area contributed by atoms with Crippen LogP contribution in [0.15, 0.2) is 36.4 Å². The van der Waals surface area contributed by atoms with E-state index < -0.39 is 23.6 Å². The van der Waals surface area contributed by atoms with E-state index in [9.17, 15) is 18.3 Å². The fourth-order valence-corrected chi connectivity index (χ4v) is 2.01. The average Bonchev–Trinajstić information content (AvgIpc) is 2.36. The standard InChI is InChI=1S/C14H10ClF3O/c15-9-3-1-2-8(6-9)7-12(19)10-4-5-11(16)14(18)13(10)17/h1-6,12,19H,7H2. The summed E-state index contributed by atoms with van der Waals surface area (Å²) in [4.78, 5) is 0. The molecular weight excluding hydrogens is 277 g/mol. The normalized spacial score (nSPS) is 12.5. The topological polar surface area (TPSA) is 20.2 Å². The van der Waals surface area contributed by atoms with Gasteiger partial charge in [-0.1, -0.05) is 29.8 Å². The van der Waals surface area contributed by atoms with E-state index in [1.807, 2.05) is 0 Å². The van der Waals surface area contributed by atoms with Crippen molar-refractivity contribution in [3.63, 3.8) is 0 Å². The Hall–Kier alpha value is -1.52. The van der Waals surface area contributed by atoms with E-state index in [1.54, 1.807) is 24.3 Å². The molecule has 1 atom stereocenters. The monoisotopic (exact) mass is 286 g/mol. The SMILES string of the molecule is OC(Cc1cccc(Cl)c1)c1ccc(F)c(F)c1F. The van der Waals surface area contributed by atoms with Crippen LogP contribution in [-0.4, -0.2) is 5.11 Å². The summed E-state index contributed by atoms with van der Waals surface area (Å²) in [5, 5.41) is 10.4. The molecule has 0 bridgehead atoms. The third kappa shape index (κ3) is 3.08. The minimum absolute atomic E-state index is 0.0581. The van der Waals surface area contributed by atoms with Crippen LogP contribution in [0.25, 0.3) is 0 Å². The highest BCUT2D eigenvalue weighted by Gasteiger charge is 2.19. The molecule has 100 valence electrons. The van der Waals surface area contributed by atoms with Crippen molar-refractivity contribution in [2.45, 2.75) is 12.5 Å². The molecule has 0 amide bonds. The summed E-state index contributed by atoms with van der Waals surface area (Å²) in [5.41, 5.74) is 0.392. The van der Waals surface area contributed by atoms with Gasteiger partial charge in [0.1, 0.15) is 0 Å². The van der Waals surface area contributed by atoms with Crippen molar-refractivity contribution in [1.29, 1.82) is 0 Å². The Labute approximate surface area is 113 Å². The summed E-state index contributed by atoms with van der Waals surface area (Å²) >= 11 is 5.79. The predicted octanol–water partition coefficient (Wildman–Crippen LogP) is 4.03. The number of aliphatic hydroxyl groups excluding tert-OH is 1. The molecule has 0 aliphatic carbocycles. The molecule has 0 saturated carbocycles. The maximum Gasteiger partial charge on any atom is 0.194 e. The molecule has 2 aromatic carbocycles. The number of hydrogen-bond acceptors (Lipinski definition) is 1. The summed E-state index contributed by atoms with van der Waals surface area (Å²) in [5.74, 6) is -4.23. The highest BCUT2D eigenvalue weighted by molar-refractivity contribution is 6.30. The van der Waals surface area contributed by atoms with Gasteiger partial charge >= 0.3 is 0 Å². The van der Waals surface area contributed by atoms with Gasteiger partial charge in [-0.05, 0) is 23.8 Å². The minimum Gasteiger partial charge on any atom is -0.388 e. The average molecular weight is 287 g/mol. The van der Waals surface area contributed by atoms with Gasteiger partial charge in [-0.15, -0.1) is 0 Å². The van der Waals surface area contributed by atoms with Crippen LogP contribution in [0.4, 0.5) is 13.2 Å². The lowest BCUT2D eigenvalue weighted by molar-refractivity contribution is 0.172. The number of benzene rings is 2. The van der Waals surface area contributed by atoms with Crippen molar-refractivity contribution in [3.8, 4) is 0 Å². The smallest absolute Gasteiger partial charge is 0.194 e. The van der Waals surface area contributed by atoms with E-state index >= 15 is 0 Å². The lowest BCUT2D eigenvalue weighted by Gasteiger charge is -2.13. The molecule has 0 radical (unpaired) electrons. The predicted molar refractivity (Wildman–Crippen MR) is 66.4 cm³/mol. The zero-order valence-electron chi connectivity index (χ0n) is 9.71. The van der Waals surface area contributed by atoms with Crippen LogP contribution in [0.5, 0.6) is 0 Å². The Morgan fingerprint density at radius 3 is 2.47 bits per heavy atom. The van der Waals surface area contributed by atoms with Gasteiger partial charge in [-0.2, -0.15) is 0 Å². The molecule has 0 aromatic heterocycles. The summed E-state index contributed by atoms with van der Waals surface area (Å²) in [7, 11) is 0. The van der Waals surface area contributed by atoms with E-state index in [2.05, 4.69) is 0 Å². The van der Waals surface area contributed by atoms with E-state index in [0.717, 1.165) is 12.1 Å². The van der Waals surface area contributed by atoms with Crippen molar-refractivity contribution >= 4 is 11.6 Å². The van der Waals surface area contributed by atoms with E-state index in [4.69, 9.17) is 11.6 Å². The molecule has 0 aliphatic heterocycles. The van der Waals surface area contributed by atoms with Crippen molar-refractivity contribution in [2.24, 2.45) is 0 Å². The molecule has 0 spiro atoms. The second-order valence-electron chi connectivity index (χ2n) is 4.11. The number of rotatable bonds is 3. The third-order valence-electron chi connectivity index (χ3n) is 2.74. The zero-order chi connectivity index (χ0) is 14.0. The lowest BCUT2D eigenvalue weighted by Crippen LogP contribution is -2.07. The molecule has 1 N–H and O–H groups in total. The largest absolute Gasteiger partial charge is 0.388 e. The highest BCUT2D eigenvalue weighted by atomic mass is 35.5. The molecule has 19 heavy (non-hydrogen) atoms. The van der Waals surface area contributed by atoms with E-state index in [0.29, 0.717) is 10.6 Å². The maximum atomic E-state index is 13.5. The Morgan fingerprint density at radius 2 is 1.79 bits per heavy atom. The quantitative estimate of drug-likeness (QED) is 0.845. The van der Waals surface area contributed by atoms with Crippen LogP contribution < -0.4 is 0 Å². The molecule has 0 saturated heterocycles. The molecule has 1 unspecified atom stereocenters. The number of hydrogen-bond donors (Lipinski definition) is 1. The first-order valence-electron chi connectivity index (χ1n) is 5.55. The van der Waals surface area contributed by atoms with Crippen LogP contribution in [0, 0.1) is 17.5 Å². The van der Waals surface area contributed by atoms with Gasteiger partial charge in [0.05, 0.1) is 6.10 Å². The lowest BCUT2D eigenvalue weighted by atomic mass is 10.0. The van der Waals surface area contributed by atoms with Gasteiger partial charge < -0.3 is 5.11 Å². The molecule has 0 aliphatic rings. The Bertz CT molecular complexity index is 601. The third-order valence-corrected chi connectivity index (χ3v) is 2.98. The van der Waals surface area contributed by atoms with Crippen molar-refractivity contribution < 1.29 is 18.3 Å². The van der Waals surface area contributed by atoms with Crippen LogP contribution >= 0.6 is 11.6 Å². The molecule has 1 nitrogen and oxygen atoms in total. The van der Waals surface area contributed by atoms with Crippen molar-refractivity contribution in [1.82, 2.24) is 0 Å². The van der Waals surface area contributed by atoms with E-state index in [-0.39, 0.29) is 12.0 Å². The van der Waals surface area contributed by atoms with Crippen molar-refractivity contribution in [3.05, 3.63) is 70.0 Å². The first-order chi connectivity index (χ1) is 8.99.